The van der Waals surface area contributed by atoms with E-state index in [2.05, 4.69) is 18.3 Å². The lowest BCUT2D eigenvalue weighted by Crippen LogP contribution is -2.29. The maximum Gasteiger partial charge on any atom is 0.318 e. The molecule has 1 aromatic rings. The van der Waals surface area contributed by atoms with E-state index in [1.807, 2.05) is 12.1 Å². The van der Waals surface area contributed by atoms with Crippen molar-refractivity contribution in [2.24, 2.45) is 0 Å². The summed E-state index contributed by atoms with van der Waals surface area (Å²) in [5, 5.41) is 11.8. The lowest BCUT2D eigenvalue weighted by atomic mass is 10.1. The van der Waals surface area contributed by atoms with Gasteiger partial charge in [0, 0.05) is 11.4 Å². The van der Waals surface area contributed by atoms with E-state index in [9.17, 15) is 4.79 Å². The van der Waals surface area contributed by atoms with Crippen LogP contribution in [-0.2, 0) is 11.2 Å². The van der Waals surface area contributed by atoms with Crippen LogP contribution < -0.4 is 5.32 Å². The topological polar surface area (TPSA) is 49.3 Å². The van der Waals surface area contributed by atoms with E-state index in [1.165, 1.54) is 17.3 Å². The quantitative estimate of drug-likeness (QED) is 0.807. The number of rotatable bonds is 2. The maximum absolute atomic E-state index is 10.9. The number of anilines is 1. The number of para-hydroxylation sites is 1. The summed E-state index contributed by atoms with van der Waals surface area (Å²) in [7, 11) is 0. The third-order valence-corrected chi connectivity index (χ3v) is 3.75. The van der Waals surface area contributed by atoms with E-state index in [4.69, 9.17) is 5.11 Å². The molecule has 0 bridgehead atoms. The van der Waals surface area contributed by atoms with Gasteiger partial charge in [0.1, 0.15) is 5.25 Å². The van der Waals surface area contributed by atoms with Crippen LogP contribution in [0.25, 0.3) is 0 Å². The van der Waals surface area contributed by atoms with E-state index in [0.717, 1.165) is 17.0 Å². The highest BCUT2D eigenvalue weighted by atomic mass is 32.2. The Morgan fingerprint density at radius 2 is 2.47 bits per heavy atom. The number of carbonyl (C=O) groups is 1. The minimum Gasteiger partial charge on any atom is -0.480 e. The van der Waals surface area contributed by atoms with Crippen LogP contribution in [0.3, 0.4) is 0 Å². The van der Waals surface area contributed by atoms with E-state index in [1.54, 1.807) is 0 Å². The van der Waals surface area contributed by atoms with Gasteiger partial charge in [0.25, 0.3) is 0 Å². The molecule has 0 aliphatic carbocycles. The number of thioether (sulfide) groups is 1. The van der Waals surface area contributed by atoms with Gasteiger partial charge < -0.3 is 10.4 Å². The Morgan fingerprint density at radius 3 is 3.13 bits per heavy atom. The fourth-order valence-corrected chi connectivity index (χ4v) is 2.75. The van der Waals surface area contributed by atoms with Gasteiger partial charge in [-0.1, -0.05) is 19.1 Å². The van der Waals surface area contributed by atoms with Crippen LogP contribution >= 0.6 is 11.8 Å². The van der Waals surface area contributed by atoms with Gasteiger partial charge in [-0.3, -0.25) is 4.79 Å². The molecule has 0 radical (unpaired) electrons. The highest BCUT2D eigenvalue weighted by Crippen LogP contribution is 2.37. The predicted molar refractivity (Wildman–Crippen MR) is 61.6 cm³/mol. The van der Waals surface area contributed by atoms with Crippen LogP contribution in [0.5, 0.6) is 0 Å². The third-order valence-electron chi connectivity index (χ3n) is 2.50. The summed E-state index contributed by atoms with van der Waals surface area (Å²) >= 11 is 1.43. The number of carboxylic acid groups (broad SMARTS) is 1. The molecule has 15 heavy (non-hydrogen) atoms. The molecule has 1 aliphatic heterocycles. The molecule has 4 heteroatoms. The second kappa shape index (κ2) is 4.14. The highest BCUT2D eigenvalue weighted by Gasteiger charge is 2.25. The van der Waals surface area contributed by atoms with Crippen molar-refractivity contribution in [1.82, 2.24) is 0 Å². The first-order chi connectivity index (χ1) is 7.22. The first-order valence-electron chi connectivity index (χ1n) is 4.97. The molecule has 1 aliphatic rings. The lowest BCUT2D eigenvalue weighted by Gasteiger charge is -2.24. The Hall–Kier alpha value is -1.16. The van der Waals surface area contributed by atoms with Gasteiger partial charge in [-0.2, -0.15) is 0 Å². The van der Waals surface area contributed by atoms with E-state index < -0.39 is 5.97 Å². The van der Waals surface area contributed by atoms with Crippen molar-refractivity contribution in [2.75, 3.05) is 11.9 Å². The van der Waals surface area contributed by atoms with E-state index in [-0.39, 0.29) is 5.25 Å². The number of nitrogens with one attached hydrogen (secondary N) is 1. The van der Waals surface area contributed by atoms with Gasteiger partial charge in [0.2, 0.25) is 0 Å². The Kier molecular flexibility index (Phi) is 2.86. The van der Waals surface area contributed by atoms with Gasteiger partial charge >= 0.3 is 5.97 Å². The normalized spacial score (nSPS) is 19.1. The highest BCUT2D eigenvalue weighted by molar-refractivity contribution is 8.00. The van der Waals surface area contributed by atoms with Gasteiger partial charge in [-0.05, 0) is 18.1 Å². The molecule has 0 fully saturated rings. The average Bonchev–Trinajstić information content (AvgIpc) is 2.27. The van der Waals surface area contributed by atoms with Gasteiger partial charge in [0.05, 0.1) is 5.69 Å². The van der Waals surface area contributed by atoms with Gasteiger partial charge in [0.15, 0.2) is 0 Å². The molecule has 1 heterocycles. The summed E-state index contributed by atoms with van der Waals surface area (Å²) in [6.45, 7) is 2.61. The van der Waals surface area contributed by atoms with Crippen LogP contribution in [-0.4, -0.2) is 22.9 Å². The molecule has 1 aromatic carbocycles. The molecule has 0 saturated carbocycles. The molecule has 0 spiro atoms. The molecule has 0 amide bonds. The first-order valence-corrected chi connectivity index (χ1v) is 5.85. The fraction of sp³-hybridized carbons (Fsp3) is 0.364. The van der Waals surface area contributed by atoms with Crippen LogP contribution in [0.2, 0.25) is 0 Å². The van der Waals surface area contributed by atoms with Crippen molar-refractivity contribution < 1.29 is 9.90 Å². The molecule has 2 N–H and O–H groups in total. The van der Waals surface area contributed by atoms with Crippen LogP contribution in [0, 0.1) is 0 Å². The summed E-state index contributed by atoms with van der Waals surface area (Å²) in [4.78, 5) is 11.9. The van der Waals surface area contributed by atoms with Crippen LogP contribution in [0.1, 0.15) is 12.5 Å². The zero-order valence-electron chi connectivity index (χ0n) is 8.49. The molecule has 0 aromatic heterocycles. The fourth-order valence-electron chi connectivity index (χ4n) is 1.70. The number of fused-ring (bicyclic) bond motifs is 1. The summed E-state index contributed by atoms with van der Waals surface area (Å²) in [5.41, 5.74) is 2.37. The lowest BCUT2D eigenvalue weighted by molar-refractivity contribution is -0.136. The summed E-state index contributed by atoms with van der Waals surface area (Å²) in [6, 6.07) is 6.03. The molecule has 80 valence electrons. The van der Waals surface area contributed by atoms with Crippen molar-refractivity contribution >= 4 is 23.4 Å². The molecular weight excluding hydrogens is 210 g/mol. The largest absolute Gasteiger partial charge is 0.480 e. The molecule has 1 atom stereocenters. The summed E-state index contributed by atoms with van der Waals surface area (Å²) < 4.78 is 0. The van der Waals surface area contributed by atoms with Crippen molar-refractivity contribution in [3.05, 3.63) is 23.8 Å². The Balaban J connectivity index is 2.31. The number of benzene rings is 1. The van der Waals surface area contributed by atoms with Crippen molar-refractivity contribution in [3.63, 3.8) is 0 Å². The van der Waals surface area contributed by atoms with Crippen molar-refractivity contribution in [1.29, 1.82) is 0 Å². The number of aliphatic carboxylic acids is 1. The van der Waals surface area contributed by atoms with Crippen LogP contribution in [0.4, 0.5) is 5.69 Å². The smallest absolute Gasteiger partial charge is 0.318 e. The standard InChI is InChI=1S/C11H13NO2S/c1-2-7-4-3-5-8-10(7)12-6-9(15-8)11(13)14/h3-5,9,12H,2,6H2,1H3,(H,13,14). The minimum atomic E-state index is -0.750. The SMILES string of the molecule is CCc1cccc2c1NCC(C(=O)O)S2. The number of hydrogen-bond acceptors (Lipinski definition) is 3. The van der Waals surface area contributed by atoms with Gasteiger partial charge in [-0.15, -0.1) is 11.8 Å². The number of aryl methyl sites for hydroxylation is 1. The second-order valence-electron chi connectivity index (χ2n) is 3.47. The molecule has 2 rings (SSSR count). The Morgan fingerprint density at radius 1 is 1.67 bits per heavy atom. The zero-order chi connectivity index (χ0) is 10.8. The Labute approximate surface area is 92.9 Å². The minimum absolute atomic E-state index is 0.371. The third kappa shape index (κ3) is 1.95. The number of carboxylic acids is 1. The van der Waals surface area contributed by atoms with Crippen molar-refractivity contribution in [2.45, 2.75) is 23.5 Å². The van der Waals surface area contributed by atoms with Gasteiger partial charge in [-0.25, -0.2) is 0 Å². The molecule has 1 unspecified atom stereocenters. The summed E-state index contributed by atoms with van der Waals surface area (Å²) in [6.07, 6.45) is 0.967. The molecule has 0 saturated heterocycles. The summed E-state index contributed by atoms with van der Waals surface area (Å²) in [5.74, 6) is -0.750. The molecular formula is C11H13NO2S. The predicted octanol–water partition coefficient (Wildman–Crippen LogP) is 2.22. The monoisotopic (exact) mass is 223 g/mol. The van der Waals surface area contributed by atoms with Crippen molar-refractivity contribution in [3.8, 4) is 0 Å². The Bertz CT molecular complexity index is 392. The molecule has 3 nitrogen and oxygen atoms in total. The number of hydrogen-bond donors (Lipinski definition) is 2. The zero-order valence-corrected chi connectivity index (χ0v) is 9.30. The first kappa shape index (κ1) is 10.4. The van der Waals surface area contributed by atoms with Crippen LogP contribution in [0.15, 0.2) is 23.1 Å². The average molecular weight is 223 g/mol. The van der Waals surface area contributed by atoms with E-state index in [0.29, 0.717) is 6.54 Å². The maximum atomic E-state index is 10.9. The second-order valence-corrected chi connectivity index (χ2v) is 4.71. The van der Waals surface area contributed by atoms with E-state index >= 15 is 0 Å².